The van der Waals surface area contributed by atoms with E-state index in [0.717, 1.165) is 17.9 Å². The third kappa shape index (κ3) is 3.08. The van der Waals surface area contributed by atoms with Gasteiger partial charge in [0, 0.05) is 6.04 Å². The van der Waals surface area contributed by atoms with E-state index in [1.165, 1.54) is 84.0 Å². The van der Waals surface area contributed by atoms with Crippen LogP contribution in [0.5, 0.6) is 0 Å². The van der Waals surface area contributed by atoms with Crippen molar-refractivity contribution in [2.45, 2.75) is 63.8 Å². The number of nitrogens with one attached hydrogen (secondary N) is 1. The molecule has 3 atom stereocenters. The second kappa shape index (κ2) is 6.38. The molecule has 0 amide bonds. The molecule has 0 aromatic carbocycles. The smallest absolute Gasteiger partial charge is 0.0123 e. The molecule has 3 aliphatic rings. The van der Waals surface area contributed by atoms with E-state index in [9.17, 15) is 0 Å². The van der Waals surface area contributed by atoms with Gasteiger partial charge in [0.1, 0.15) is 0 Å². The SMILES string of the molecule is C1CCC2C(C1)CCCN2CCCC1CCNC1. The van der Waals surface area contributed by atoms with Gasteiger partial charge >= 0.3 is 0 Å². The van der Waals surface area contributed by atoms with E-state index in [4.69, 9.17) is 0 Å². The predicted molar refractivity (Wildman–Crippen MR) is 76.8 cm³/mol. The summed E-state index contributed by atoms with van der Waals surface area (Å²) in [7, 11) is 0. The number of rotatable bonds is 4. The van der Waals surface area contributed by atoms with Crippen molar-refractivity contribution in [1.82, 2.24) is 10.2 Å². The minimum absolute atomic E-state index is 0.967. The summed E-state index contributed by atoms with van der Waals surface area (Å²) in [4.78, 5) is 2.86. The number of hydrogen-bond acceptors (Lipinski definition) is 2. The molecule has 3 fully saturated rings. The maximum Gasteiger partial charge on any atom is 0.0123 e. The maximum absolute atomic E-state index is 3.49. The van der Waals surface area contributed by atoms with Gasteiger partial charge in [0.25, 0.3) is 0 Å². The quantitative estimate of drug-likeness (QED) is 0.825. The van der Waals surface area contributed by atoms with Gasteiger partial charge in [-0.15, -0.1) is 0 Å². The van der Waals surface area contributed by atoms with Gasteiger partial charge in [-0.1, -0.05) is 12.8 Å². The minimum atomic E-state index is 0.967. The second-order valence-corrected chi connectivity index (χ2v) is 6.79. The Kier molecular flexibility index (Phi) is 4.58. The lowest BCUT2D eigenvalue weighted by Gasteiger charge is -2.44. The zero-order chi connectivity index (χ0) is 12.2. The average molecular weight is 250 g/mol. The van der Waals surface area contributed by atoms with Crippen molar-refractivity contribution in [3.05, 3.63) is 0 Å². The Morgan fingerprint density at radius 3 is 2.78 bits per heavy atom. The van der Waals surface area contributed by atoms with Gasteiger partial charge in [0.2, 0.25) is 0 Å². The van der Waals surface area contributed by atoms with Crippen LogP contribution in [0.3, 0.4) is 0 Å². The molecule has 0 spiro atoms. The first-order valence-corrected chi connectivity index (χ1v) is 8.38. The number of hydrogen-bond donors (Lipinski definition) is 1. The van der Waals surface area contributed by atoms with Crippen LogP contribution < -0.4 is 5.32 Å². The van der Waals surface area contributed by atoms with Gasteiger partial charge in [-0.3, -0.25) is 0 Å². The van der Waals surface area contributed by atoms with Crippen LogP contribution in [0.1, 0.15) is 57.8 Å². The Labute approximate surface area is 113 Å². The van der Waals surface area contributed by atoms with Gasteiger partial charge in [-0.2, -0.15) is 0 Å². The zero-order valence-electron chi connectivity index (χ0n) is 11.9. The Bertz CT molecular complexity index is 245. The van der Waals surface area contributed by atoms with Crippen molar-refractivity contribution in [3.63, 3.8) is 0 Å². The molecule has 2 saturated heterocycles. The van der Waals surface area contributed by atoms with E-state index in [0.29, 0.717) is 0 Å². The fraction of sp³-hybridized carbons (Fsp3) is 1.00. The van der Waals surface area contributed by atoms with Crippen LogP contribution in [0.15, 0.2) is 0 Å². The Morgan fingerprint density at radius 2 is 1.89 bits per heavy atom. The normalized spacial score (nSPS) is 37.7. The molecule has 0 aromatic heterocycles. The van der Waals surface area contributed by atoms with Gasteiger partial charge in [-0.25, -0.2) is 0 Å². The van der Waals surface area contributed by atoms with Crippen LogP contribution in [0.25, 0.3) is 0 Å². The van der Waals surface area contributed by atoms with Crippen molar-refractivity contribution < 1.29 is 0 Å². The van der Waals surface area contributed by atoms with Gasteiger partial charge in [-0.05, 0) is 83.0 Å². The number of fused-ring (bicyclic) bond motifs is 1. The van der Waals surface area contributed by atoms with Crippen LogP contribution >= 0.6 is 0 Å². The first-order chi connectivity index (χ1) is 8.93. The van der Waals surface area contributed by atoms with Crippen molar-refractivity contribution in [1.29, 1.82) is 0 Å². The van der Waals surface area contributed by atoms with Crippen molar-refractivity contribution in [3.8, 4) is 0 Å². The molecule has 3 unspecified atom stereocenters. The molecule has 18 heavy (non-hydrogen) atoms. The maximum atomic E-state index is 3.49. The van der Waals surface area contributed by atoms with Crippen molar-refractivity contribution in [2.75, 3.05) is 26.2 Å². The lowest BCUT2D eigenvalue weighted by Crippen LogP contribution is -2.47. The minimum Gasteiger partial charge on any atom is -0.316 e. The van der Waals surface area contributed by atoms with Gasteiger partial charge < -0.3 is 10.2 Å². The first kappa shape index (κ1) is 12.9. The van der Waals surface area contributed by atoms with E-state index < -0.39 is 0 Å². The lowest BCUT2D eigenvalue weighted by molar-refractivity contribution is 0.0588. The molecular weight excluding hydrogens is 220 g/mol. The summed E-state index contributed by atoms with van der Waals surface area (Å²) in [5.41, 5.74) is 0. The van der Waals surface area contributed by atoms with Crippen LogP contribution in [0.2, 0.25) is 0 Å². The molecule has 104 valence electrons. The summed E-state index contributed by atoms with van der Waals surface area (Å²) >= 11 is 0. The molecule has 1 aliphatic carbocycles. The number of likely N-dealkylation sites (tertiary alicyclic amines) is 1. The van der Waals surface area contributed by atoms with E-state index in [1.54, 1.807) is 0 Å². The van der Waals surface area contributed by atoms with Gasteiger partial charge in [0.15, 0.2) is 0 Å². The molecule has 0 aromatic rings. The standard InChI is InChI=1S/C16H30N2/c1-2-8-16-15(6-1)7-4-12-18(16)11-3-5-14-9-10-17-13-14/h14-17H,1-13H2. The second-order valence-electron chi connectivity index (χ2n) is 6.79. The molecule has 0 bridgehead atoms. The highest BCUT2D eigenvalue weighted by Gasteiger charge is 2.32. The molecule has 2 heteroatoms. The first-order valence-electron chi connectivity index (χ1n) is 8.38. The molecule has 3 rings (SSSR count). The Morgan fingerprint density at radius 1 is 1.00 bits per heavy atom. The predicted octanol–water partition coefficient (Wildman–Crippen LogP) is 3.03. The average Bonchev–Trinajstić information content (AvgIpc) is 2.92. The number of piperidine rings is 1. The summed E-state index contributed by atoms with van der Waals surface area (Å²) in [6.07, 6.45) is 13.3. The van der Waals surface area contributed by atoms with E-state index in [-0.39, 0.29) is 0 Å². The topological polar surface area (TPSA) is 15.3 Å². The summed E-state index contributed by atoms with van der Waals surface area (Å²) in [6, 6.07) is 0.967. The molecule has 0 radical (unpaired) electrons. The van der Waals surface area contributed by atoms with Crippen LogP contribution in [0.4, 0.5) is 0 Å². The summed E-state index contributed by atoms with van der Waals surface area (Å²) in [6.45, 7) is 5.33. The van der Waals surface area contributed by atoms with E-state index in [1.807, 2.05) is 0 Å². The number of nitrogens with zero attached hydrogens (tertiary/aromatic N) is 1. The lowest BCUT2D eigenvalue weighted by atomic mass is 9.78. The summed E-state index contributed by atoms with van der Waals surface area (Å²) in [5, 5.41) is 3.49. The third-order valence-electron chi connectivity index (χ3n) is 5.58. The van der Waals surface area contributed by atoms with E-state index in [2.05, 4.69) is 10.2 Å². The van der Waals surface area contributed by atoms with Crippen molar-refractivity contribution >= 4 is 0 Å². The molecule has 2 aliphatic heterocycles. The molecule has 2 nitrogen and oxygen atoms in total. The molecule has 1 N–H and O–H groups in total. The highest BCUT2D eigenvalue weighted by molar-refractivity contribution is 4.87. The molecular formula is C16H30N2. The third-order valence-corrected chi connectivity index (χ3v) is 5.58. The Balaban J connectivity index is 1.42. The van der Waals surface area contributed by atoms with Crippen molar-refractivity contribution in [2.24, 2.45) is 11.8 Å². The zero-order valence-corrected chi connectivity index (χ0v) is 11.9. The summed E-state index contributed by atoms with van der Waals surface area (Å²) < 4.78 is 0. The fourth-order valence-electron chi connectivity index (χ4n) is 4.55. The van der Waals surface area contributed by atoms with Crippen LogP contribution in [-0.4, -0.2) is 37.1 Å². The van der Waals surface area contributed by atoms with Crippen LogP contribution in [0, 0.1) is 11.8 Å². The Hall–Kier alpha value is -0.0800. The molecule has 1 saturated carbocycles. The van der Waals surface area contributed by atoms with E-state index >= 15 is 0 Å². The monoisotopic (exact) mass is 250 g/mol. The highest BCUT2D eigenvalue weighted by atomic mass is 15.2. The fourth-order valence-corrected chi connectivity index (χ4v) is 4.55. The largest absolute Gasteiger partial charge is 0.316 e. The van der Waals surface area contributed by atoms with Gasteiger partial charge in [0.05, 0.1) is 0 Å². The highest BCUT2D eigenvalue weighted by Crippen LogP contribution is 2.35. The molecule has 2 heterocycles. The van der Waals surface area contributed by atoms with Crippen LogP contribution in [-0.2, 0) is 0 Å². The summed E-state index contributed by atoms with van der Waals surface area (Å²) in [5.74, 6) is 2.04.